The molecule has 7 atom stereocenters. The van der Waals surface area contributed by atoms with E-state index in [4.69, 9.17) is 0 Å². The molecule has 0 saturated heterocycles. The molecule has 0 aromatic heterocycles. The van der Waals surface area contributed by atoms with Gasteiger partial charge >= 0.3 is 0 Å². The topological polar surface area (TPSA) is 20.2 Å². The first kappa shape index (κ1) is 16.2. The van der Waals surface area contributed by atoms with E-state index in [9.17, 15) is 5.11 Å². The minimum Gasteiger partial charge on any atom is -0.389 e. The second-order valence-electron chi connectivity index (χ2n) is 9.86. The Kier molecular flexibility index (Phi) is 3.59. The second kappa shape index (κ2) is 5.10. The number of fused-ring (bicyclic) bond motifs is 5. The van der Waals surface area contributed by atoms with Gasteiger partial charge in [0.05, 0.1) is 5.60 Å². The highest BCUT2D eigenvalue weighted by Crippen LogP contribution is 2.68. The summed E-state index contributed by atoms with van der Waals surface area (Å²) >= 11 is 0. The van der Waals surface area contributed by atoms with Crippen molar-refractivity contribution in [2.75, 3.05) is 0 Å². The van der Waals surface area contributed by atoms with Gasteiger partial charge in [0.2, 0.25) is 0 Å². The summed E-state index contributed by atoms with van der Waals surface area (Å²) in [6.45, 7) is 9.71. The quantitative estimate of drug-likeness (QED) is 0.613. The van der Waals surface area contributed by atoms with Gasteiger partial charge in [-0.05, 0) is 92.3 Å². The van der Waals surface area contributed by atoms with Crippen LogP contribution in [0.5, 0.6) is 0 Å². The van der Waals surface area contributed by atoms with Crippen LogP contribution in [-0.4, -0.2) is 10.7 Å². The molecule has 0 aromatic rings. The van der Waals surface area contributed by atoms with Crippen molar-refractivity contribution in [1.82, 2.24) is 0 Å². The zero-order valence-electron chi connectivity index (χ0n) is 15.7. The van der Waals surface area contributed by atoms with Crippen molar-refractivity contribution in [3.63, 3.8) is 0 Å². The van der Waals surface area contributed by atoms with Gasteiger partial charge in [-0.15, -0.1) is 0 Å². The summed E-state index contributed by atoms with van der Waals surface area (Å²) in [6.07, 6.45) is 13.9. The van der Waals surface area contributed by atoms with Gasteiger partial charge in [0.25, 0.3) is 0 Å². The summed E-state index contributed by atoms with van der Waals surface area (Å²) < 4.78 is 0. The second-order valence-corrected chi connectivity index (χ2v) is 9.86. The predicted molar refractivity (Wildman–Crippen MR) is 96.1 cm³/mol. The van der Waals surface area contributed by atoms with Crippen LogP contribution in [-0.2, 0) is 0 Å². The minimum absolute atomic E-state index is 0.175. The van der Waals surface area contributed by atoms with Crippen molar-refractivity contribution >= 4 is 0 Å². The van der Waals surface area contributed by atoms with E-state index in [0.717, 1.165) is 36.5 Å². The van der Waals surface area contributed by atoms with Crippen LogP contribution in [0.1, 0.15) is 85.5 Å². The molecule has 4 rings (SSSR count). The van der Waals surface area contributed by atoms with Gasteiger partial charge in [0, 0.05) is 0 Å². The van der Waals surface area contributed by atoms with Crippen LogP contribution in [0.25, 0.3) is 0 Å². The molecule has 0 aliphatic heterocycles. The van der Waals surface area contributed by atoms with Gasteiger partial charge < -0.3 is 5.11 Å². The summed E-state index contributed by atoms with van der Waals surface area (Å²) in [7, 11) is 0. The number of hydrogen-bond acceptors (Lipinski definition) is 1. The fourth-order valence-corrected chi connectivity index (χ4v) is 7.90. The summed E-state index contributed by atoms with van der Waals surface area (Å²) in [5.41, 5.74) is 2.05. The Morgan fingerprint density at radius 2 is 1.87 bits per heavy atom. The molecule has 4 aliphatic rings. The first-order valence-corrected chi connectivity index (χ1v) is 10.3. The lowest BCUT2D eigenvalue weighted by Gasteiger charge is -2.60. The molecule has 0 bridgehead atoms. The SMILES string of the molecule is CC[C@@]1(O)CC[C@H]2[C@@H]3C[C@H](C)C4=CCCC[C@]4(C)[C@H]3CC[C@@]21C. The monoisotopic (exact) mass is 316 g/mol. The molecule has 23 heavy (non-hydrogen) atoms. The van der Waals surface area contributed by atoms with E-state index in [0.29, 0.717) is 5.41 Å². The summed E-state index contributed by atoms with van der Waals surface area (Å²) in [4.78, 5) is 0. The molecule has 1 N–H and O–H groups in total. The maximum Gasteiger partial charge on any atom is 0.0701 e. The molecule has 1 nitrogen and oxygen atoms in total. The third-order valence-corrected chi connectivity index (χ3v) is 9.24. The standard InChI is InChI=1S/C22H36O/c1-5-22(23)13-10-19-16-14-15(2)17-8-6-7-11-20(17,3)18(16)9-12-21(19,22)4/h8,15-16,18-19,23H,5-7,9-14H2,1-4H3/t15-,16+,18-,19-,20-,21-,22+/m0/s1. The van der Waals surface area contributed by atoms with Crippen LogP contribution in [0.3, 0.4) is 0 Å². The third-order valence-electron chi connectivity index (χ3n) is 9.24. The van der Waals surface area contributed by atoms with E-state index in [1.165, 1.54) is 44.9 Å². The molecule has 0 aromatic carbocycles. The highest BCUT2D eigenvalue weighted by atomic mass is 16.3. The van der Waals surface area contributed by atoms with E-state index in [-0.39, 0.29) is 5.41 Å². The van der Waals surface area contributed by atoms with Crippen molar-refractivity contribution in [3.05, 3.63) is 11.6 Å². The molecule has 0 spiro atoms. The van der Waals surface area contributed by atoms with Crippen molar-refractivity contribution in [3.8, 4) is 0 Å². The number of allylic oxidation sites excluding steroid dienone is 2. The fourth-order valence-electron chi connectivity index (χ4n) is 7.90. The summed E-state index contributed by atoms with van der Waals surface area (Å²) in [5.74, 6) is 3.25. The largest absolute Gasteiger partial charge is 0.389 e. The van der Waals surface area contributed by atoms with Crippen LogP contribution >= 0.6 is 0 Å². The molecule has 130 valence electrons. The van der Waals surface area contributed by atoms with E-state index < -0.39 is 5.60 Å². The van der Waals surface area contributed by atoms with Crippen LogP contribution < -0.4 is 0 Å². The average molecular weight is 317 g/mol. The van der Waals surface area contributed by atoms with Crippen LogP contribution in [0, 0.1) is 34.5 Å². The lowest BCUT2D eigenvalue weighted by Crippen LogP contribution is -2.55. The summed E-state index contributed by atoms with van der Waals surface area (Å²) in [6, 6.07) is 0. The van der Waals surface area contributed by atoms with Gasteiger partial charge in [0.1, 0.15) is 0 Å². The van der Waals surface area contributed by atoms with Crippen LogP contribution in [0.2, 0.25) is 0 Å². The maximum atomic E-state index is 11.3. The number of aliphatic hydroxyl groups is 1. The first-order valence-electron chi connectivity index (χ1n) is 10.3. The first-order chi connectivity index (χ1) is 10.9. The highest BCUT2D eigenvalue weighted by molar-refractivity contribution is 5.26. The Labute approximate surface area is 142 Å². The molecule has 0 heterocycles. The average Bonchev–Trinajstić information content (AvgIpc) is 2.80. The highest BCUT2D eigenvalue weighted by Gasteiger charge is 2.63. The van der Waals surface area contributed by atoms with Crippen molar-refractivity contribution in [2.24, 2.45) is 34.5 Å². The normalized spacial score (nSPS) is 55.6. The zero-order valence-corrected chi connectivity index (χ0v) is 15.7. The Bertz CT molecular complexity index is 522. The van der Waals surface area contributed by atoms with Crippen molar-refractivity contribution in [1.29, 1.82) is 0 Å². The number of hydrogen-bond donors (Lipinski definition) is 1. The van der Waals surface area contributed by atoms with Crippen LogP contribution in [0.4, 0.5) is 0 Å². The Morgan fingerprint density at radius 3 is 2.61 bits per heavy atom. The predicted octanol–water partition coefficient (Wildman–Crippen LogP) is 5.73. The van der Waals surface area contributed by atoms with Gasteiger partial charge in [-0.3, -0.25) is 0 Å². The smallest absolute Gasteiger partial charge is 0.0701 e. The molecular weight excluding hydrogens is 280 g/mol. The third kappa shape index (κ3) is 1.95. The maximum absolute atomic E-state index is 11.3. The zero-order chi connectivity index (χ0) is 16.5. The Morgan fingerprint density at radius 1 is 1.13 bits per heavy atom. The molecule has 0 amide bonds. The van der Waals surface area contributed by atoms with E-state index in [2.05, 4.69) is 33.8 Å². The summed E-state index contributed by atoms with van der Waals surface area (Å²) in [5, 5.41) is 11.3. The van der Waals surface area contributed by atoms with E-state index in [1.54, 1.807) is 5.57 Å². The van der Waals surface area contributed by atoms with Gasteiger partial charge in [-0.2, -0.15) is 0 Å². The minimum atomic E-state index is -0.393. The number of rotatable bonds is 1. The molecule has 0 unspecified atom stereocenters. The van der Waals surface area contributed by atoms with E-state index >= 15 is 0 Å². The lowest BCUT2D eigenvalue weighted by molar-refractivity contribution is -0.132. The molecular formula is C22H36O. The van der Waals surface area contributed by atoms with Gasteiger partial charge in [-0.1, -0.05) is 39.3 Å². The molecule has 1 heteroatoms. The molecule has 3 saturated carbocycles. The fraction of sp³-hybridized carbons (Fsp3) is 0.909. The van der Waals surface area contributed by atoms with E-state index in [1.807, 2.05) is 0 Å². The molecule has 0 radical (unpaired) electrons. The van der Waals surface area contributed by atoms with Crippen molar-refractivity contribution < 1.29 is 5.11 Å². The van der Waals surface area contributed by atoms with Gasteiger partial charge in [0.15, 0.2) is 0 Å². The molecule has 3 fully saturated rings. The van der Waals surface area contributed by atoms with Crippen LogP contribution in [0.15, 0.2) is 11.6 Å². The Hall–Kier alpha value is -0.300. The molecule has 4 aliphatic carbocycles. The van der Waals surface area contributed by atoms with Gasteiger partial charge in [-0.25, -0.2) is 0 Å². The Balaban J connectivity index is 1.72. The van der Waals surface area contributed by atoms with Crippen molar-refractivity contribution in [2.45, 2.75) is 91.1 Å². The lowest BCUT2D eigenvalue weighted by atomic mass is 9.45.